The molecule has 0 heterocycles. The highest BCUT2D eigenvalue weighted by atomic mass is 35.5. The van der Waals surface area contributed by atoms with Crippen LogP contribution in [0.15, 0.2) is 59.5 Å². The molecule has 0 aliphatic carbocycles. The first-order valence-corrected chi connectivity index (χ1v) is 6.62. The van der Waals surface area contributed by atoms with Crippen LogP contribution in [0.5, 0.6) is 0 Å². The van der Waals surface area contributed by atoms with E-state index in [-0.39, 0.29) is 4.90 Å². The predicted octanol–water partition coefficient (Wildman–Crippen LogP) is 2.84. The van der Waals surface area contributed by atoms with Crippen molar-refractivity contribution < 1.29 is 8.42 Å². The zero-order valence-electron chi connectivity index (χ0n) is 8.75. The number of halogens is 1. The van der Waals surface area contributed by atoms with E-state index in [1.165, 1.54) is 24.3 Å². The minimum absolute atomic E-state index is 0.134. The molecule has 87 valence electrons. The van der Waals surface area contributed by atoms with Gasteiger partial charge in [-0.2, -0.15) is 12.2 Å². The molecule has 0 saturated carbocycles. The Kier molecular flexibility index (Phi) is 3.36. The van der Waals surface area contributed by atoms with E-state index in [1.54, 1.807) is 30.3 Å². The normalized spacial score (nSPS) is 11.1. The van der Waals surface area contributed by atoms with Crippen LogP contribution in [0, 0.1) is 6.07 Å². The zero-order valence-corrected chi connectivity index (χ0v) is 10.3. The minimum Gasteiger partial charge on any atom is -0.200 e. The number of rotatable bonds is 3. The lowest BCUT2D eigenvalue weighted by Crippen LogP contribution is -2.21. The summed E-state index contributed by atoms with van der Waals surface area (Å²) in [5.74, 6) is 0. The van der Waals surface area contributed by atoms with E-state index in [1.807, 2.05) is 0 Å². The molecule has 17 heavy (non-hydrogen) atoms. The van der Waals surface area contributed by atoms with Gasteiger partial charge in [-0.25, -0.2) is 0 Å². The Morgan fingerprint density at radius 3 is 2.18 bits per heavy atom. The average molecular weight is 267 g/mol. The quantitative estimate of drug-likeness (QED) is 0.801. The van der Waals surface area contributed by atoms with Gasteiger partial charge in [0.15, 0.2) is 0 Å². The van der Waals surface area contributed by atoms with Crippen molar-refractivity contribution in [2.24, 2.45) is 0 Å². The van der Waals surface area contributed by atoms with E-state index in [2.05, 4.69) is 6.07 Å². The highest BCUT2D eigenvalue weighted by molar-refractivity contribution is 7.94. The first-order chi connectivity index (χ1) is 8.12. The summed E-state index contributed by atoms with van der Waals surface area (Å²) in [6.45, 7) is 0. The first kappa shape index (κ1) is 12.0. The predicted molar refractivity (Wildman–Crippen MR) is 67.2 cm³/mol. The molecule has 0 saturated heterocycles. The summed E-state index contributed by atoms with van der Waals surface area (Å²) >= 11 is 5.87. The number of sulfonamides is 1. The van der Waals surface area contributed by atoms with Crippen LogP contribution in [0.3, 0.4) is 0 Å². The minimum atomic E-state index is -3.71. The molecule has 1 radical (unpaired) electrons. The molecule has 0 aliphatic rings. The van der Waals surface area contributed by atoms with Crippen molar-refractivity contribution in [3.8, 4) is 0 Å². The maximum absolute atomic E-state index is 12.1. The van der Waals surface area contributed by atoms with Crippen molar-refractivity contribution >= 4 is 27.5 Å². The molecule has 0 fully saturated rings. The zero-order chi connectivity index (χ0) is 12.3. The SMILES string of the molecule is O=S(=O)(c1cc[c]cc1)N(Cl)c1ccccc1. The number of benzene rings is 2. The summed E-state index contributed by atoms with van der Waals surface area (Å²) in [5.41, 5.74) is 0.405. The first-order valence-electron chi connectivity index (χ1n) is 4.84. The van der Waals surface area contributed by atoms with Crippen LogP contribution in [0.25, 0.3) is 0 Å². The van der Waals surface area contributed by atoms with E-state index in [0.717, 1.165) is 3.82 Å². The second-order valence-electron chi connectivity index (χ2n) is 3.29. The second-order valence-corrected chi connectivity index (χ2v) is 5.62. The van der Waals surface area contributed by atoms with Gasteiger partial charge in [0.2, 0.25) is 0 Å². The molecule has 0 amide bonds. The van der Waals surface area contributed by atoms with Gasteiger partial charge in [0, 0.05) is 11.8 Å². The lowest BCUT2D eigenvalue weighted by molar-refractivity contribution is 0.598. The van der Waals surface area contributed by atoms with E-state index in [0.29, 0.717) is 5.69 Å². The van der Waals surface area contributed by atoms with Crippen molar-refractivity contribution in [1.82, 2.24) is 0 Å². The Morgan fingerprint density at radius 1 is 1.00 bits per heavy atom. The average Bonchev–Trinajstić information content (AvgIpc) is 2.40. The molecule has 0 spiro atoms. The smallest absolute Gasteiger partial charge is 0.200 e. The molecular formula is C12H9ClNO2S. The number of anilines is 1. The Hall–Kier alpha value is -1.52. The van der Waals surface area contributed by atoms with Crippen molar-refractivity contribution in [3.63, 3.8) is 0 Å². The molecule has 0 bridgehead atoms. The van der Waals surface area contributed by atoms with Gasteiger partial charge in [-0.3, -0.25) is 0 Å². The maximum Gasteiger partial charge on any atom is 0.278 e. The van der Waals surface area contributed by atoms with Crippen LogP contribution in [0.1, 0.15) is 0 Å². The fraction of sp³-hybridized carbons (Fsp3) is 0. The van der Waals surface area contributed by atoms with Gasteiger partial charge in [-0.05, 0) is 30.3 Å². The summed E-state index contributed by atoms with van der Waals surface area (Å²) < 4.78 is 25.0. The van der Waals surface area contributed by atoms with Gasteiger partial charge in [0.1, 0.15) is 0 Å². The van der Waals surface area contributed by atoms with E-state index >= 15 is 0 Å². The Bertz CT molecular complexity index is 584. The van der Waals surface area contributed by atoms with Crippen molar-refractivity contribution in [2.45, 2.75) is 4.90 Å². The van der Waals surface area contributed by atoms with Gasteiger partial charge >= 0.3 is 0 Å². The van der Waals surface area contributed by atoms with Crippen molar-refractivity contribution in [1.29, 1.82) is 0 Å². The van der Waals surface area contributed by atoms with Crippen molar-refractivity contribution in [3.05, 3.63) is 60.7 Å². The van der Waals surface area contributed by atoms with Crippen LogP contribution >= 0.6 is 11.8 Å². The molecule has 2 rings (SSSR count). The fourth-order valence-corrected chi connectivity index (χ4v) is 2.74. The fourth-order valence-electron chi connectivity index (χ4n) is 1.32. The molecular weight excluding hydrogens is 258 g/mol. The number of hydrogen-bond donors (Lipinski definition) is 0. The van der Waals surface area contributed by atoms with Gasteiger partial charge in [-0.15, -0.1) is 0 Å². The van der Waals surface area contributed by atoms with Gasteiger partial charge in [0.25, 0.3) is 10.0 Å². The molecule has 0 unspecified atom stereocenters. The summed E-state index contributed by atoms with van der Waals surface area (Å²) in [6, 6.07) is 17.2. The molecule has 5 heteroatoms. The van der Waals surface area contributed by atoms with Gasteiger partial charge in [-0.1, -0.05) is 30.3 Å². The summed E-state index contributed by atoms with van der Waals surface area (Å²) in [5, 5.41) is 0. The van der Waals surface area contributed by atoms with Crippen LogP contribution in [-0.2, 0) is 10.0 Å². The third-order valence-corrected chi connectivity index (χ3v) is 4.40. The molecule has 2 aromatic carbocycles. The standard InChI is InChI=1S/C12H9ClNO2S/c13-14(11-7-3-1-4-8-11)17(15,16)12-9-5-2-6-10-12/h1,3-10H. The summed E-state index contributed by atoms with van der Waals surface area (Å²) in [4.78, 5) is 0.134. The van der Waals surface area contributed by atoms with Gasteiger partial charge < -0.3 is 0 Å². The summed E-state index contributed by atoms with van der Waals surface area (Å²) in [7, 11) is -3.71. The highest BCUT2D eigenvalue weighted by Gasteiger charge is 2.22. The van der Waals surface area contributed by atoms with Gasteiger partial charge in [0.05, 0.1) is 10.6 Å². The number of para-hydroxylation sites is 1. The largest absolute Gasteiger partial charge is 0.278 e. The Morgan fingerprint density at radius 2 is 1.59 bits per heavy atom. The molecule has 0 N–H and O–H groups in total. The summed E-state index contributed by atoms with van der Waals surface area (Å²) in [6.07, 6.45) is 0. The molecule has 3 nitrogen and oxygen atoms in total. The maximum atomic E-state index is 12.1. The van der Waals surface area contributed by atoms with E-state index in [4.69, 9.17) is 11.8 Å². The molecule has 0 aromatic heterocycles. The molecule has 0 aliphatic heterocycles. The number of hydrogen-bond acceptors (Lipinski definition) is 2. The highest BCUT2D eigenvalue weighted by Crippen LogP contribution is 2.24. The van der Waals surface area contributed by atoms with E-state index in [9.17, 15) is 8.42 Å². The van der Waals surface area contributed by atoms with Crippen LogP contribution < -0.4 is 3.82 Å². The molecule has 2 aromatic rings. The van der Waals surface area contributed by atoms with Crippen LogP contribution in [0.4, 0.5) is 5.69 Å². The topological polar surface area (TPSA) is 37.4 Å². The van der Waals surface area contributed by atoms with Crippen LogP contribution in [-0.4, -0.2) is 8.42 Å². The molecule has 0 atom stereocenters. The lowest BCUT2D eigenvalue weighted by Gasteiger charge is -2.15. The van der Waals surface area contributed by atoms with Crippen molar-refractivity contribution in [2.75, 3.05) is 3.82 Å². The second kappa shape index (κ2) is 4.77. The van der Waals surface area contributed by atoms with E-state index < -0.39 is 10.0 Å². The Balaban J connectivity index is 2.41. The lowest BCUT2D eigenvalue weighted by atomic mass is 10.3. The number of nitrogens with zero attached hydrogens (tertiary/aromatic N) is 1. The third kappa shape index (κ3) is 2.43. The third-order valence-electron chi connectivity index (χ3n) is 2.16. The Labute approximate surface area is 105 Å². The van der Waals surface area contributed by atoms with Crippen LogP contribution in [0.2, 0.25) is 0 Å². The monoisotopic (exact) mass is 266 g/mol.